The molecule has 0 aliphatic heterocycles. The quantitative estimate of drug-likeness (QED) is 0.511. The summed E-state index contributed by atoms with van der Waals surface area (Å²) in [6.45, 7) is -0.182. The van der Waals surface area contributed by atoms with Crippen LogP contribution in [-0.4, -0.2) is 21.1 Å². The molecular formula is C11H7F5N4O3. The Bertz CT molecular complexity index is 702. The number of rotatable bonds is 5. The van der Waals surface area contributed by atoms with Crippen LogP contribution in [0.5, 0.6) is 0 Å². The van der Waals surface area contributed by atoms with E-state index in [-0.39, 0.29) is 18.3 Å². The molecule has 7 nitrogen and oxygen atoms in total. The van der Waals surface area contributed by atoms with Gasteiger partial charge in [-0.1, -0.05) is 0 Å². The van der Waals surface area contributed by atoms with Crippen molar-refractivity contribution >= 4 is 11.4 Å². The number of oxazole rings is 1. The van der Waals surface area contributed by atoms with Crippen molar-refractivity contribution in [2.45, 2.75) is 18.6 Å². The standard InChI is InChI=1S/C11H7F5N4O3/c12-10(13,11(14,15)16)9-1-7(8(3-18-9)20(21)22)17-2-6-4-23-5-19-6/h1,3-5H,2H2,(H,17,18). The minimum Gasteiger partial charge on any atom is -0.451 e. The third-order valence-corrected chi connectivity index (χ3v) is 2.70. The molecule has 23 heavy (non-hydrogen) atoms. The Hall–Kier alpha value is -2.79. The maximum absolute atomic E-state index is 13.3. The van der Waals surface area contributed by atoms with Gasteiger partial charge in [-0.3, -0.25) is 10.1 Å². The maximum Gasteiger partial charge on any atom is 0.459 e. The Kier molecular flexibility index (Phi) is 4.16. The van der Waals surface area contributed by atoms with Crippen LogP contribution in [0.3, 0.4) is 0 Å². The van der Waals surface area contributed by atoms with Crippen molar-refractivity contribution in [1.82, 2.24) is 9.97 Å². The molecule has 12 heteroatoms. The topological polar surface area (TPSA) is 94.1 Å². The Balaban J connectivity index is 2.37. The zero-order chi connectivity index (χ0) is 17.3. The van der Waals surface area contributed by atoms with Gasteiger partial charge in [-0.25, -0.2) is 9.97 Å². The average Bonchev–Trinajstić information content (AvgIpc) is 2.96. The molecule has 0 amide bonds. The number of halogens is 5. The fourth-order valence-electron chi connectivity index (χ4n) is 1.56. The highest BCUT2D eigenvalue weighted by atomic mass is 19.4. The second-order valence-corrected chi connectivity index (χ2v) is 4.25. The monoisotopic (exact) mass is 338 g/mol. The van der Waals surface area contributed by atoms with Crippen molar-refractivity contribution in [3.8, 4) is 0 Å². The van der Waals surface area contributed by atoms with E-state index < -0.39 is 34.1 Å². The third kappa shape index (κ3) is 3.35. The lowest BCUT2D eigenvalue weighted by atomic mass is 10.2. The first-order valence-corrected chi connectivity index (χ1v) is 5.83. The predicted molar refractivity (Wildman–Crippen MR) is 64.7 cm³/mol. The molecule has 0 atom stereocenters. The summed E-state index contributed by atoms with van der Waals surface area (Å²) in [6.07, 6.45) is -3.31. The minimum absolute atomic E-state index is 0.182. The van der Waals surface area contributed by atoms with Gasteiger partial charge < -0.3 is 9.73 Å². The number of hydrogen-bond donors (Lipinski definition) is 1. The van der Waals surface area contributed by atoms with Gasteiger partial charge in [0.15, 0.2) is 6.39 Å². The fraction of sp³-hybridized carbons (Fsp3) is 0.273. The highest BCUT2D eigenvalue weighted by Gasteiger charge is 2.60. The van der Waals surface area contributed by atoms with Crippen LogP contribution in [0.15, 0.2) is 29.3 Å². The highest BCUT2D eigenvalue weighted by molar-refractivity contribution is 5.61. The molecule has 0 saturated heterocycles. The molecule has 0 unspecified atom stereocenters. The molecule has 0 spiro atoms. The van der Waals surface area contributed by atoms with E-state index in [9.17, 15) is 32.1 Å². The number of nitrogens with zero attached hydrogens (tertiary/aromatic N) is 3. The van der Waals surface area contributed by atoms with Gasteiger partial charge in [-0.15, -0.1) is 0 Å². The van der Waals surface area contributed by atoms with Crippen molar-refractivity contribution in [3.63, 3.8) is 0 Å². The highest BCUT2D eigenvalue weighted by Crippen LogP contribution is 2.44. The average molecular weight is 338 g/mol. The van der Waals surface area contributed by atoms with E-state index in [1.165, 1.54) is 6.26 Å². The zero-order valence-corrected chi connectivity index (χ0v) is 11.0. The van der Waals surface area contributed by atoms with Crippen LogP contribution in [0.25, 0.3) is 0 Å². The van der Waals surface area contributed by atoms with Crippen molar-refractivity contribution < 1.29 is 31.3 Å². The second kappa shape index (κ2) is 5.78. The van der Waals surface area contributed by atoms with E-state index in [0.717, 1.165) is 6.39 Å². The molecule has 0 radical (unpaired) electrons. The molecule has 2 aromatic heterocycles. The summed E-state index contributed by atoms with van der Waals surface area (Å²) in [6, 6.07) is 0.283. The molecule has 2 heterocycles. The summed E-state index contributed by atoms with van der Waals surface area (Å²) in [5, 5.41) is 13.2. The summed E-state index contributed by atoms with van der Waals surface area (Å²) in [5.74, 6) is -5.24. The first kappa shape index (κ1) is 16.6. The number of anilines is 1. The molecule has 2 aromatic rings. The minimum atomic E-state index is -5.88. The van der Waals surface area contributed by atoms with Crippen LogP contribution in [0.1, 0.15) is 11.4 Å². The number of aromatic nitrogens is 2. The van der Waals surface area contributed by atoms with E-state index in [4.69, 9.17) is 0 Å². The molecule has 0 aliphatic carbocycles. The van der Waals surface area contributed by atoms with Crippen LogP contribution in [0, 0.1) is 10.1 Å². The Morgan fingerprint density at radius 1 is 1.26 bits per heavy atom. The summed E-state index contributed by atoms with van der Waals surface area (Å²) in [4.78, 5) is 16.4. The van der Waals surface area contributed by atoms with Gasteiger partial charge in [0.1, 0.15) is 23.8 Å². The number of pyridine rings is 1. The number of hydrogen-bond acceptors (Lipinski definition) is 6. The van der Waals surface area contributed by atoms with E-state index >= 15 is 0 Å². The van der Waals surface area contributed by atoms with Crippen molar-refractivity contribution in [2.24, 2.45) is 0 Å². The van der Waals surface area contributed by atoms with E-state index in [1.54, 1.807) is 0 Å². The second-order valence-electron chi connectivity index (χ2n) is 4.25. The van der Waals surface area contributed by atoms with Crippen molar-refractivity contribution in [1.29, 1.82) is 0 Å². The van der Waals surface area contributed by atoms with Crippen LogP contribution in [0.2, 0.25) is 0 Å². The van der Waals surface area contributed by atoms with E-state index in [0.29, 0.717) is 6.20 Å². The Morgan fingerprint density at radius 3 is 2.48 bits per heavy atom. The van der Waals surface area contributed by atoms with Gasteiger partial charge in [-0.05, 0) is 6.07 Å². The first-order chi connectivity index (χ1) is 10.6. The summed E-state index contributed by atoms with van der Waals surface area (Å²) in [5.41, 5.74) is -2.69. The summed E-state index contributed by atoms with van der Waals surface area (Å²) in [7, 11) is 0. The molecule has 0 aliphatic rings. The largest absolute Gasteiger partial charge is 0.459 e. The van der Waals surface area contributed by atoms with Crippen LogP contribution in [-0.2, 0) is 12.5 Å². The molecule has 0 saturated carbocycles. The van der Waals surface area contributed by atoms with Gasteiger partial charge in [-0.2, -0.15) is 22.0 Å². The van der Waals surface area contributed by atoms with Gasteiger partial charge in [0.05, 0.1) is 17.2 Å². The Labute approximate surface area is 124 Å². The van der Waals surface area contributed by atoms with Gasteiger partial charge in [0.2, 0.25) is 0 Å². The van der Waals surface area contributed by atoms with Crippen LogP contribution in [0.4, 0.5) is 33.3 Å². The van der Waals surface area contributed by atoms with Gasteiger partial charge >= 0.3 is 17.8 Å². The molecule has 0 fully saturated rings. The molecule has 124 valence electrons. The lowest BCUT2D eigenvalue weighted by Crippen LogP contribution is -2.34. The van der Waals surface area contributed by atoms with Crippen molar-refractivity contribution in [2.75, 3.05) is 5.32 Å². The lowest BCUT2D eigenvalue weighted by molar-refractivity contribution is -0.384. The van der Waals surface area contributed by atoms with Gasteiger partial charge in [0, 0.05) is 0 Å². The van der Waals surface area contributed by atoms with E-state index in [1.807, 2.05) is 0 Å². The number of alkyl halides is 5. The molecule has 1 N–H and O–H groups in total. The van der Waals surface area contributed by atoms with Crippen LogP contribution < -0.4 is 5.32 Å². The third-order valence-electron chi connectivity index (χ3n) is 2.70. The normalized spacial score (nSPS) is 12.2. The number of nitrogens with one attached hydrogen (secondary N) is 1. The molecule has 2 rings (SSSR count). The number of nitro groups is 1. The Morgan fingerprint density at radius 2 is 1.96 bits per heavy atom. The molecule has 0 aromatic carbocycles. The lowest BCUT2D eigenvalue weighted by Gasteiger charge is -2.19. The SMILES string of the molecule is O=[N+]([O-])c1cnc(C(F)(F)C(F)(F)F)cc1NCc1cocn1. The molecular weight excluding hydrogens is 331 g/mol. The summed E-state index contributed by atoms with van der Waals surface area (Å²) < 4.78 is 68.2. The smallest absolute Gasteiger partial charge is 0.451 e. The zero-order valence-electron chi connectivity index (χ0n) is 11.0. The van der Waals surface area contributed by atoms with Crippen molar-refractivity contribution in [3.05, 3.63) is 46.4 Å². The van der Waals surface area contributed by atoms with E-state index in [2.05, 4.69) is 19.7 Å². The van der Waals surface area contributed by atoms with Crippen LogP contribution >= 0.6 is 0 Å². The summed E-state index contributed by atoms with van der Waals surface area (Å²) >= 11 is 0. The fourth-order valence-corrected chi connectivity index (χ4v) is 1.56. The maximum atomic E-state index is 13.3. The predicted octanol–water partition coefficient (Wildman–Crippen LogP) is 3.24. The first-order valence-electron chi connectivity index (χ1n) is 5.83. The molecule has 0 bridgehead atoms. The van der Waals surface area contributed by atoms with Gasteiger partial charge in [0.25, 0.3) is 0 Å².